The highest BCUT2D eigenvalue weighted by Crippen LogP contribution is 2.21. The minimum Gasteiger partial charge on any atom is -0.497 e. The summed E-state index contributed by atoms with van der Waals surface area (Å²) < 4.78 is 29.1. The van der Waals surface area contributed by atoms with Crippen LogP contribution in [0.15, 0.2) is 24.3 Å². The molecule has 0 saturated carbocycles. The number of ether oxygens (including phenoxy) is 1. The molecule has 0 heterocycles. The summed E-state index contributed by atoms with van der Waals surface area (Å²) in [7, 11) is 1.53. The van der Waals surface area contributed by atoms with Gasteiger partial charge in [0.1, 0.15) is 5.75 Å². The second-order valence-electron chi connectivity index (χ2n) is 3.01. The molecular weight excluding hydrogens is 188 g/mol. The summed E-state index contributed by atoms with van der Waals surface area (Å²) in [6, 6.07) is 6.24. The molecule has 0 aliphatic heterocycles. The summed E-state index contributed by atoms with van der Waals surface area (Å²) in [4.78, 5) is 0. The Kier molecular flexibility index (Phi) is 3.83. The van der Waals surface area contributed by atoms with Crippen LogP contribution >= 0.6 is 0 Å². The maximum Gasteiger partial charge on any atom is 0.240 e. The lowest BCUT2D eigenvalue weighted by Crippen LogP contribution is -2.13. The standard InChI is InChI=1S/C10H13F2NO/c1-14-8-4-2-3-7(5-8)9(13)6-10(11)12/h2-5,9-10H,6,13H2,1H3/t9-/m0/s1. The Morgan fingerprint density at radius 3 is 2.71 bits per heavy atom. The molecule has 14 heavy (non-hydrogen) atoms. The summed E-state index contributed by atoms with van der Waals surface area (Å²) in [6.07, 6.45) is -2.70. The molecule has 1 atom stereocenters. The third-order valence-electron chi connectivity index (χ3n) is 1.95. The molecule has 0 aromatic heterocycles. The van der Waals surface area contributed by atoms with Gasteiger partial charge in [0, 0.05) is 12.5 Å². The van der Waals surface area contributed by atoms with E-state index in [-0.39, 0.29) is 6.42 Å². The smallest absolute Gasteiger partial charge is 0.240 e. The highest BCUT2D eigenvalue weighted by molar-refractivity contribution is 5.30. The van der Waals surface area contributed by atoms with Gasteiger partial charge in [-0.05, 0) is 17.7 Å². The van der Waals surface area contributed by atoms with Gasteiger partial charge >= 0.3 is 0 Å². The summed E-state index contributed by atoms with van der Waals surface area (Å²) in [5, 5.41) is 0. The van der Waals surface area contributed by atoms with Crippen LogP contribution in [0.5, 0.6) is 5.75 Å². The van der Waals surface area contributed by atoms with E-state index in [1.807, 2.05) is 0 Å². The van der Waals surface area contributed by atoms with Crippen LogP contribution in [0.3, 0.4) is 0 Å². The van der Waals surface area contributed by atoms with E-state index in [1.54, 1.807) is 24.3 Å². The molecule has 78 valence electrons. The van der Waals surface area contributed by atoms with Crippen molar-refractivity contribution in [2.45, 2.75) is 18.9 Å². The Hall–Kier alpha value is -1.16. The van der Waals surface area contributed by atoms with Gasteiger partial charge in [-0.2, -0.15) is 0 Å². The monoisotopic (exact) mass is 201 g/mol. The minimum atomic E-state index is -2.38. The first-order valence-corrected chi connectivity index (χ1v) is 4.31. The van der Waals surface area contributed by atoms with Crippen LogP contribution in [0.1, 0.15) is 18.0 Å². The van der Waals surface area contributed by atoms with Crippen molar-refractivity contribution >= 4 is 0 Å². The lowest BCUT2D eigenvalue weighted by Gasteiger charge is -2.12. The number of benzene rings is 1. The van der Waals surface area contributed by atoms with Crippen molar-refractivity contribution in [1.29, 1.82) is 0 Å². The molecule has 4 heteroatoms. The van der Waals surface area contributed by atoms with Crippen molar-refractivity contribution in [2.24, 2.45) is 5.73 Å². The molecule has 1 aromatic rings. The molecule has 0 amide bonds. The van der Waals surface area contributed by atoms with Gasteiger partial charge in [-0.1, -0.05) is 12.1 Å². The predicted molar refractivity (Wildman–Crippen MR) is 50.5 cm³/mol. The Labute approximate surface area is 81.7 Å². The molecule has 0 saturated heterocycles. The van der Waals surface area contributed by atoms with Gasteiger partial charge in [0.15, 0.2) is 0 Å². The molecule has 1 rings (SSSR count). The summed E-state index contributed by atoms with van der Waals surface area (Å²) >= 11 is 0. The Bertz CT molecular complexity index is 291. The average Bonchev–Trinajstić information content (AvgIpc) is 2.17. The fraction of sp³-hybridized carbons (Fsp3) is 0.400. The second kappa shape index (κ2) is 4.91. The van der Waals surface area contributed by atoms with Crippen LogP contribution in [-0.4, -0.2) is 13.5 Å². The number of nitrogens with two attached hydrogens (primary N) is 1. The van der Waals surface area contributed by atoms with Crippen molar-refractivity contribution < 1.29 is 13.5 Å². The van der Waals surface area contributed by atoms with Crippen molar-refractivity contribution in [3.8, 4) is 5.75 Å². The molecule has 0 spiro atoms. The molecule has 1 aromatic carbocycles. The molecule has 0 aliphatic rings. The molecule has 0 unspecified atom stereocenters. The first kappa shape index (κ1) is 10.9. The van der Waals surface area contributed by atoms with Gasteiger partial charge in [0.2, 0.25) is 6.43 Å². The zero-order valence-electron chi connectivity index (χ0n) is 7.91. The van der Waals surface area contributed by atoms with Gasteiger partial charge < -0.3 is 10.5 Å². The van der Waals surface area contributed by atoms with E-state index in [0.29, 0.717) is 11.3 Å². The molecular formula is C10H13F2NO. The zero-order valence-corrected chi connectivity index (χ0v) is 7.91. The summed E-state index contributed by atoms with van der Waals surface area (Å²) in [6.45, 7) is 0. The number of alkyl halides is 2. The van der Waals surface area contributed by atoms with E-state index >= 15 is 0 Å². The van der Waals surface area contributed by atoms with Gasteiger partial charge in [-0.3, -0.25) is 0 Å². The van der Waals surface area contributed by atoms with Gasteiger partial charge in [-0.25, -0.2) is 8.78 Å². The van der Waals surface area contributed by atoms with E-state index in [2.05, 4.69) is 0 Å². The van der Waals surface area contributed by atoms with Crippen LogP contribution in [0, 0.1) is 0 Å². The fourth-order valence-electron chi connectivity index (χ4n) is 1.20. The number of hydrogen-bond acceptors (Lipinski definition) is 2. The van der Waals surface area contributed by atoms with E-state index in [9.17, 15) is 8.78 Å². The van der Waals surface area contributed by atoms with Gasteiger partial charge in [0.25, 0.3) is 0 Å². The number of halogens is 2. The zero-order chi connectivity index (χ0) is 10.6. The molecule has 0 aliphatic carbocycles. The van der Waals surface area contributed by atoms with E-state index < -0.39 is 12.5 Å². The van der Waals surface area contributed by atoms with Crippen molar-refractivity contribution in [3.63, 3.8) is 0 Å². The summed E-state index contributed by atoms with van der Waals surface area (Å²) in [5.74, 6) is 0.632. The average molecular weight is 201 g/mol. The SMILES string of the molecule is COc1cccc([C@@H](N)CC(F)F)c1. The lowest BCUT2D eigenvalue weighted by atomic mass is 10.0. The van der Waals surface area contributed by atoms with Gasteiger partial charge in [0.05, 0.1) is 7.11 Å². The second-order valence-corrected chi connectivity index (χ2v) is 3.01. The quantitative estimate of drug-likeness (QED) is 0.811. The Morgan fingerprint density at radius 1 is 1.43 bits per heavy atom. The Morgan fingerprint density at radius 2 is 2.14 bits per heavy atom. The van der Waals surface area contributed by atoms with Crippen LogP contribution in [0.2, 0.25) is 0 Å². The van der Waals surface area contributed by atoms with Crippen molar-refractivity contribution in [3.05, 3.63) is 29.8 Å². The summed E-state index contributed by atoms with van der Waals surface area (Å²) in [5.41, 5.74) is 6.25. The number of rotatable bonds is 4. The van der Waals surface area contributed by atoms with Gasteiger partial charge in [-0.15, -0.1) is 0 Å². The first-order valence-electron chi connectivity index (χ1n) is 4.31. The normalized spacial score (nSPS) is 12.9. The van der Waals surface area contributed by atoms with Crippen molar-refractivity contribution in [1.82, 2.24) is 0 Å². The fourth-order valence-corrected chi connectivity index (χ4v) is 1.20. The van der Waals surface area contributed by atoms with Crippen LogP contribution in [-0.2, 0) is 0 Å². The lowest BCUT2D eigenvalue weighted by molar-refractivity contribution is 0.128. The largest absolute Gasteiger partial charge is 0.497 e. The minimum absolute atomic E-state index is 0.326. The third kappa shape index (κ3) is 2.96. The molecule has 2 nitrogen and oxygen atoms in total. The highest BCUT2D eigenvalue weighted by atomic mass is 19.3. The third-order valence-corrected chi connectivity index (χ3v) is 1.95. The number of methoxy groups -OCH3 is 1. The van der Waals surface area contributed by atoms with E-state index in [4.69, 9.17) is 10.5 Å². The van der Waals surface area contributed by atoms with E-state index in [1.165, 1.54) is 7.11 Å². The predicted octanol–water partition coefficient (Wildman–Crippen LogP) is 2.35. The number of hydrogen-bond donors (Lipinski definition) is 1. The van der Waals surface area contributed by atoms with E-state index in [0.717, 1.165) is 0 Å². The molecule has 0 bridgehead atoms. The van der Waals surface area contributed by atoms with Crippen LogP contribution < -0.4 is 10.5 Å². The Balaban J connectivity index is 2.73. The molecule has 2 N–H and O–H groups in total. The highest BCUT2D eigenvalue weighted by Gasteiger charge is 2.12. The molecule has 0 fully saturated rings. The maximum absolute atomic E-state index is 12.0. The van der Waals surface area contributed by atoms with Crippen molar-refractivity contribution in [2.75, 3.05) is 7.11 Å². The molecule has 0 radical (unpaired) electrons. The maximum atomic E-state index is 12.0. The first-order chi connectivity index (χ1) is 6.63. The van der Waals surface area contributed by atoms with Crippen LogP contribution in [0.4, 0.5) is 8.78 Å². The van der Waals surface area contributed by atoms with Crippen LogP contribution in [0.25, 0.3) is 0 Å². The topological polar surface area (TPSA) is 35.2 Å².